The van der Waals surface area contributed by atoms with Crippen molar-refractivity contribution in [3.05, 3.63) is 0 Å². The predicted octanol–water partition coefficient (Wildman–Crippen LogP) is 7.97. The van der Waals surface area contributed by atoms with Crippen LogP contribution in [-0.4, -0.2) is 77.4 Å². The quantitative estimate of drug-likeness (QED) is 0.337. The fraction of sp³-hybridized carbons (Fsp3) is 1.00. The monoisotopic (exact) mass is 465 g/mol. The van der Waals surface area contributed by atoms with Crippen molar-refractivity contribution in [3.8, 4) is 0 Å². The summed E-state index contributed by atoms with van der Waals surface area (Å²) in [7, 11) is 6.69. The molecular weight excluding hydrogens is 400 g/mol. The van der Waals surface area contributed by atoms with Gasteiger partial charge in [0.05, 0.1) is 38.4 Å². The molecule has 0 unspecified atom stereocenters. The second kappa shape index (κ2) is 20.8. The third kappa shape index (κ3) is 30.2. The molecule has 0 heterocycles. The summed E-state index contributed by atoms with van der Waals surface area (Å²) >= 11 is 2.01. The van der Waals surface area contributed by atoms with Gasteiger partial charge in [-0.25, -0.2) is 0 Å². The van der Waals surface area contributed by atoms with Crippen LogP contribution >= 0.6 is 11.8 Å². The largest absolute Gasteiger partial charge is 0.376 e. The highest BCUT2D eigenvalue weighted by Crippen LogP contribution is 2.14. The molecule has 0 amide bonds. The Bertz CT molecular complexity index is 318. The molecule has 0 aromatic rings. The van der Waals surface area contributed by atoms with Crippen molar-refractivity contribution in [3.63, 3.8) is 0 Å². The number of quaternary nitrogens is 1. The van der Waals surface area contributed by atoms with E-state index in [1.165, 1.54) is 0 Å². The third-order valence-electron chi connectivity index (χ3n) is 5.38. The van der Waals surface area contributed by atoms with E-state index in [4.69, 9.17) is 4.74 Å². The molecule has 0 saturated heterocycles. The van der Waals surface area contributed by atoms with Gasteiger partial charge in [0.2, 0.25) is 0 Å². The zero-order valence-corrected chi connectivity index (χ0v) is 26.1. The number of hydrogen-bond acceptors (Lipinski definition) is 3. The number of ether oxygens (including phenoxy) is 1. The molecule has 0 aliphatic heterocycles. The molecule has 0 rings (SSSR count). The van der Waals surface area contributed by atoms with E-state index in [0.29, 0.717) is 24.3 Å². The summed E-state index contributed by atoms with van der Waals surface area (Å²) in [5.74, 6) is 0. The number of thioether (sulfide) groups is 1. The molecule has 3 nitrogen and oxygen atoms in total. The fourth-order valence-electron chi connectivity index (χ4n) is 2.28. The van der Waals surface area contributed by atoms with E-state index < -0.39 is 0 Å². The molecule has 0 saturated carbocycles. The van der Waals surface area contributed by atoms with Gasteiger partial charge in [0.1, 0.15) is 0 Å². The van der Waals surface area contributed by atoms with E-state index >= 15 is 0 Å². The van der Waals surface area contributed by atoms with Crippen molar-refractivity contribution in [2.24, 2.45) is 0 Å². The van der Waals surface area contributed by atoms with Crippen molar-refractivity contribution in [1.82, 2.24) is 4.90 Å². The number of rotatable bonds is 8. The minimum absolute atomic E-state index is 0.375. The molecule has 0 aromatic carbocycles. The topological polar surface area (TPSA) is 12.5 Å². The van der Waals surface area contributed by atoms with Crippen LogP contribution in [0.25, 0.3) is 0 Å². The fourth-order valence-corrected chi connectivity index (χ4v) is 3.37. The van der Waals surface area contributed by atoms with Crippen molar-refractivity contribution in [2.45, 2.75) is 158 Å². The summed E-state index contributed by atoms with van der Waals surface area (Å²) in [6.45, 7) is 35.0. The first-order chi connectivity index (χ1) is 13.7. The van der Waals surface area contributed by atoms with E-state index in [9.17, 15) is 0 Å². The van der Waals surface area contributed by atoms with Crippen molar-refractivity contribution < 1.29 is 9.22 Å². The lowest BCUT2D eigenvalue weighted by Crippen LogP contribution is -2.50. The van der Waals surface area contributed by atoms with Gasteiger partial charge in [0.15, 0.2) is 0 Å². The van der Waals surface area contributed by atoms with Gasteiger partial charge in [0.25, 0.3) is 0 Å². The molecule has 0 aliphatic carbocycles. The number of hydrogen-bond donors (Lipinski definition) is 0. The zero-order valence-electron chi connectivity index (χ0n) is 25.3. The van der Waals surface area contributed by atoms with Gasteiger partial charge in [-0.2, -0.15) is 11.8 Å². The highest BCUT2D eigenvalue weighted by molar-refractivity contribution is 8.00. The van der Waals surface area contributed by atoms with Gasteiger partial charge in [0, 0.05) is 12.1 Å². The molecule has 0 bridgehead atoms. The summed E-state index contributed by atoms with van der Waals surface area (Å²) in [6, 6.07) is 2.81. The van der Waals surface area contributed by atoms with Crippen LogP contribution in [0.15, 0.2) is 0 Å². The summed E-state index contributed by atoms with van der Waals surface area (Å²) in [6.07, 6.45) is 0.750. The van der Waals surface area contributed by atoms with Crippen molar-refractivity contribution >= 4 is 11.8 Å². The molecule has 0 N–H and O–H groups in total. The predicted molar refractivity (Wildman–Crippen MR) is 150 cm³/mol. The molecule has 31 heavy (non-hydrogen) atoms. The molecule has 0 spiro atoms. The van der Waals surface area contributed by atoms with E-state index in [2.05, 4.69) is 109 Å². The molecule has 194 valence electrons. The Morgan fingerprint density at radius 1 is 0.548 bits per heavy atom. The zero-order chi connectivity index (χ0) is 26.1. The van der Waals surface area contributed by atoms with Crippen LogP contribution in [0.2, 0.25) is 0 Å². The minimum Gasteiger partial charge on any atom is -0.376 e. The van der Waals surface area contributed by atoms with Gasteiger partial charge in [-0.3, -0.25) is 0 Å². The van der Waals surface area contributed by atoms with E-state index in [-0.39, 0.29) is 0 Å². The first-order valence-electron chi connectivity index (χ1n) is 12.6. The molecule has 0 atom stereocenters. The Kier molecular flexibility index (Phi) is 25.8. The summed E-state index contributed by atoms with van der Waals surface area (Å²) < 4.78 is 6.36. The lowest BCUT2D eigenvalue weighted by atomic mass is 10.2. The summed E-state index contributed by atoms with van der Waals surface area (Å²) in [5, 5.41) is 1.58. The highest BCUT2D eigenvalue weighted by atomic mass is 32.2. The van der Waals surface area contributed by atoms with E-state index in [1.54, 1.807) is 0 Å². The maximum absolute atomic E-state index is 5.25. The Morgan fingerprint density at radius 3 is 0.806 bits per heavy atom. The Hall–Kier alpha value is 0.230. The van der Waals surface area contributed by atoms with Gasteiger partial charge >= 0.3 is 0 Å². The molecule has 0 radical (unpaired) electrons. The maximum Gasteiger partial charge on any atom is 0.0831 e. The molecule has 4 heteroatoms. The number of nitrogens with zero attached hydrogens (tertiary/aromatic N) is 2. The normalized spacial score (nSPS) is 12.0. The SMILES string of the molecule is CC(C)N(C)C(C)C.CC(C)OC(C)C.CC(C)SC(C)C.CC(C)[N+](C)(C)C(C)C. The summed E-state index contributed by atoms with van der Waals surface area (Å²) in [4.78, 5) is 2.33. The van der Waals surface area contributed by atoms with Crippen LogP contribution in [0.4, 0.5) is 0 Å². The van der Waals surface area contributed by atoms with Crippen LogP contribution in [0.5, 0.6) is 0 Å². The molecule has 0 fully saturated rings. The van der Waals surface area contributed by atoms with Gasteiger partial charge in [-0.1, -0.05) is 27.7 Å². The van der Waals surface area contributed by atoms with Crippen molar-refractivity contribution in [1.29, 1.82) is 0 Å². The van der Waals surface area contributed by atoms with Crippen LogP contribution in [-0.2, 0) is 4.74 Å². The van der Waals surface area contributed by atoms with E-state index in [0.717, 1.165) is 27.1 Å². The lowest BCUT2D eigenvalue weighted by molar-refractivity contribution is -0.931. The Balaban J connectivity index is -0.000000158. The average molecular weight is 466 g/mol. The minimum atomic E-state index is 0.375. The molecule has 0 aromatic heterocycles. The van der Waals surface area contributed by atoms with Crippen LogP contribution in [0.1, 0.15) is 111 Å². The standard InChI is InChI=1S/C8H20N.C7H17N.C6H14O.C6H14S/c1-7(2)9(5,6)8(3)4;1-6(2)8(5)7(3)4;2*1-5(2)7-6(3)4/h7-8H,1-6H3;6-7H,1-5H3;2*5-6H,1-4H3/q+1;;;. The Labute approximate surface area is 204 Å². The highest BCUT2D eigenvalue weighted by Gasteiger charge is 2.22. The molecule has 0 aliphatic rings. The van der Waals surface area contributed by atoms with Gasteiger partial charge in [-0.15, -0.1) is 0 Å². The second-order valence-electron chi connectivity index (χ2n) is 11.1. The van der Waals surface area contributed by atoms with E-state index in [1.807, 2.05) is 39.5 Å². The lowest BCUT2D eigenvalue weighted by Gasteiger charge is -2.38. The van der Waals surface area contributed by atoms with Crippen molar-refractivity contribution in [2.75, 3.05) is 21.1 Å². The van der Waals surface area contributed by atoms with Crippen LogP contribution in [0.3, 0.4) is 0 Å². The maximum atomic E-state index is 5.25. The first-order valence-corrected chi connectivity index (χ1v) is 13.5. The molecular formula is C27H65N2OS+. The van der Waals surface area contributed by atoms with Crippen LogP contribution in [0, 0.1) is 0 Å². The third-order valence-corrected chi connectivity index (χ3v) is 6.47. The average Bonchev–Trinajstić information content (AvgIpc) is 2.52. The van der Waals surface area contributed by atoms with Crippen LogP contribution < -0.4 is 0 Å². The van der Waals surface area contributed by atoms with Gasteiger partial charge < -0.3 is 14.1 Å². The summed E-state index contributed by atoms with van der Waals surface area (Å²) in [5.41, 5.74) is 0. The smallest absolute Gasteiger partial charge is 0.0831 e. The Morgan fingerprint density at radius 2 is 0.806 bits per heavy atom. The first kappa shape index (κ1) is 38.5. The second-order valence-corrected chi connectivity index (χ2v) is 13.3. The van der Waals surface area contributed by atoms with Gasteiger partial charge in [-0.05, 0) is 101 Å².